The van der Waals surface area contributed by atoms with Crippen LogP contribution in [-0.2, 0) is 9.53 Å². The fourth-order valence-corrected chi connectivity index (χ4v) is 1.94. The molecule has 96 valence electrons. The van der Waals surface area contributed by atoms with Gasteiger partial charge in [-0.25, -0.2) is 0 Å². The molecule has 0 aliphatic heterocycles. The van der Waals surface area contributed by atoms with Crippen LogP contribution in [0.3, 0.4) is 0 Å². The minimum absolute atomic E-state index is 0.0284. The lowest BCUT2D eigenvalue weighted by Crippen LogP contribution is -2.47. The molecular weight excluding hydrogens is 286 g/mol. The van der Waals surface area contributed by atoms with Crippen molar-refractivity contribution in [2.24, 2.45) is 5.73 Å². The van der Waals surface area contributed by atoms with Gasteiger partial charge in [-0.1, -0.05) is 0 Å². The van der Waals surface area contributed by atoms with E-state index in [1.54, 1.807) is 24.7 Å². The molecule has 0 fully saturated rings. The summed E-state index contributed by atoms with van der Waals surface area (Å²) in [5, 5.41) is 4.17. The molecule has 1 rings (SSSR count). The van der Waals surface area contributed by atoms with Crippen LogP contribution in [0.1, 0.15) is 33.2 Å². The molecule has 2 atom stereocenters. The first-order chi connectivity index (χ1) is 7.86. The molecule has 0 amide bonds. The third-order valence-corrected chi connectivity index (χ3v) is 2.89. The SMILES string of the molecule is CCOC(=O)C(C)(N)CC(C)n1cc(Br)cn1. The number of hydrogen-bond donors (Lipinski definition) is 1. The molecule has 0 aliphatic rings. The van der Waals surface area contributed by atoms with Gasteiger partial charge < -0.3 is 10.5 Å². The van der Waals surface area contributed by atoms with Gasteiger partial charge >= 0.3 is 5.97 Å². The van der Waals surface area contributed by atoms with E-state index in [-0.39, 0.29) is 12.0 Å². The number of carbonyl (C=O) groups is 1. The summed E-state index contributed by atoms with van der Waals surface area (Å²) in [4.78, 5) is 11.7. The summed E-state index contributed by atoms with van der Waals surface area (Å²) in [6.07, 6.45) is 4.03. The minimum atomic E-state index is -0.992. The van der Waals surface area contributed by atoms with Gasteiger partial charge in [-0.3, -0.25) is 9.48 Å². The first-order valence-electron chi connectivity index (χ1n) is 5.52. The van der Waals surface area contributed by atoms with Crippen LogP contribution >= 0.6 is 15.9 Å². The van der Waals surface area contributed by atoms with Crippen LogP contribution in [0.2, 0.25) is 0 Å². The van der Waals surface area contributed by atoms with E-state index in [4.69, 9.17) is 10.5 Å². The minimum Gasteiger partial charge on any atom is -0.465 e. The second kappa shape index (κ2) is 5.64. The number of nitrogens with zero attached hydrogens (tertiary/aromatic N) is 2. The molecule has 0 saturated carbocycles. The molecule has 0 aromatic carbocycles. The van der Waals surface area contributed by atoms with Gasteiger partial charge in [0.15, 0.2) is 0 Å². The Morgan fingerprint density at radius 2 is 2.41 bits per heavy atom. The molecule has 0 bridgehead atoms. The zero-order valence-electron chi connectivity index (χ0n) is 10.3. The maximum Gasteiger partial charge on any atom is 0.325 e. The zero-order valence-corrected chi connectivity index (χ0v) is 11.9. The van der Waals surface area contributed by atoms with E-state index in [1.165, 1.54) is 0 Å². The zero-order chi connectivity index (χ0) is 13.1. The number of esters is 1. The van der Waals surface area contributed by atoms with Crippen LogP contribution in [0.5, 0.6) is 0 Å². The Kier molecular flexibility index (Phi) is 4.70. The van der Waals surface area contributed by atoms with Crippen LogP contribution < -0.4 is 5.73 Å². The maximum absolute atomic E-state index is 11.7. The second-order valence-corrected chi connectivity index (χ2v) is 5.25. The Labute approximate surface area is 109 Å². The van der Waals surface area contributed by atoms with Gasteiger partial charge in [0.05, 0.1) is 23.3 Å². The Morgan fingerprint density at radius 3 is 2.88 bits per heavy atom. The summed E-state index contributed by atoms with van der Waals surface area (Å²) >= 11 is 3.33. The molecule has 0 spiro atoms. The molecule has 1 aromatic heterocycles. The molecule has 1 aromatic rings. The van der Waals surface area contributed by atoms with E-state index < -0.39 is 5.54 Å². The van der Waals surface area contributed by atoms with Gasteiger partial charge in [0.25, 0.3) is 0 Å². The van der Waals surface area contributed by atoms with Crippen molar-refractivity contribution in [1.82, 2.24) is 9.78 Å². The van der Waals surface area contributed by atoms with Gasteiger partial charge in [0.2, 0.25) is 0 Å². The van der Waals surface area contributed by atoms with E-state index in [2.05, 4.69) is 21.0 Å². The maximum atomic E-state index is 11.7. The van der Waals surface area contributed by atoms with Gasteiger partial charge in [0, 0.05) is 6.20 Å². The van der Waals surface area contributed by atoms with Crippen molar-refractivity contribution in [2.75, 3.05) is 6.61 Å². The van der Waals surface area contributed by atoms with Crippen molar-refractivity contribution in [1.29, 1.82) is 0 Å². The first-order valence-corrected chi connectivity index (χ1v) is 6.32. The lowest BCUT2D eigenvalue weighted by atomic mass is 9.95. The van der Waals surface area contributed by atoms with Crippen LogP contribution in [-0.4, -0.2) is 27.9 Å². The molecule has 2 N–H and O–H groups in total. The highest BCUT2D eigenvalue weighted by Crippen LogP contribution is 2.21. The molecule has 0 aliphatic carbocycles. The number of halogens is 1. The number of rotatable bonds is 5. The van der Waals surface area contributed by atoms with Gasteiger partial charge in [0.1, 0.15) is 5.54 Å². The predicted octanol–water partition coefficient (Wildman–Crippen LogP) is 1.88. The summed E-state index contributed by atoms with van der Waals surface area (Å²) in [6.45, 7) is 5.75. The summed E-state index contributed by atoms with van der Waals surface area (Å²) in [5.41, 5.74) is 4.97. The van der Waals surface area contributed by atoms with E-state index in [0.29, 0.717) is 13.0 Å². The van der Waals surface area contributed by atoms with Crippen molar-refractivity contribution < 1.29 is 9.53 Å². The Morgan fingerprint density at radius 1 is 1.76 bits per heavy atom. The predicted molar refractivity (Wildman–Crippen MR) is 68.5 cm³/mol. The number of aromatic nitrogens is 2. The lowest BCUT2D eigenvalue weighted by Gasteiger charge is -2.25. The first kappa shape index (κ1) is 14.2. The normalized spacial score (nSPS) is 16.3. The van der Waals surface area contributed by atoms with Crippen molar-refractivity contribution in [3.63, 3.8) is 0 Å². The monoisotopic (exact) mass is 303 g/mol. The largest absolute Gasteiger partial charge is 0.465 e. The van der Waals surface area contributed by atoms with Gasteiger partial charge in [-0.05, 0) is 43.1 Å². The molecule has 0 saturated heterocycles. The highest BCUT2D eigenvalue weighted by atomic mass is 79.9. The van der Waals surface area contributed by atoms with Crippen LogP contribution in [0, 0.1) is 0 Å². The van der Waals surface area contributed by atoms with Crippen LogP contribution in [0.15, 0.2) is 16.9 Å². The summed E-state index contributed by atoms with van der Waals surface area (Å²) < 4.78 is 7.62. The van der Waals surface area contributed by atoms with E-state index in [1.807, 2.05) is 13.1 Å². The highest BCUT2D eigenvalue weighted by molar-refractivity contribution is 9.10. The molecule has 1 heterocycles. The fraction of sp³-hybridized carbons (Fsp3) is 0.636. The number of ether oxygens (including phenoxy) is 1. The van der Waals surface area contributed by atoms with Crippen molar-refractivity contribution in [3.8, 4) is 0 Å². The summed E-state index contributed by atoms with van der Waals surface area (Å²) in [7, 11) is 0. The quantitative estimate of drug-likeness (QED) is 0.843. The van der Waals surface area contributed by atoms with Gasteiger partial charge in [-0.2, -0.15) is 5.10 Å². The van der Waals surface area contributed by atoms with Crippen molar-refractivity contribution in [2.45, 2.75) is 38.8 Å². The third kappa shape index (κ3) is 3.81. The highest BCUT2D eigenvalue weighted by Gasteiger charge is 2.32. The molecule has 17 heavy (non-hydrogen) atoms. The van der Waals surface area contributed by atoms with Crippen LogP contribution in [0.25, 0.3) is 0 Å². The fourth-order valence-electron chi connectivity index (χ4n) is 1.64. The standard InChI is InChI=1S/C11H18BrN3O2/c1-4-17-10(16)11(3,13)5-8(2)15-7-9(12)6-14-15/h6-8H,4-5,13H2,1-3H3. The lowest BCUT2D eigenvalue weighted by molar-refractivity contribution is -0.149. The van der Waals surface area contributed by atoms with E-state index in [0.717, 1.165) is 4.47 Å². The third-order valence-electron chi connectivity index (χ3n) is 2.48. The van der Waals surface area contributed by atoms with Crippen molar-refractivity contribution >= 4 is 21.9 Å². The van der Waals surface area contributed by atoms with E-state index >= 15 is 0 Å². The second-order valence-electron chi connectivity index (χ2n) is 4.33. The molecule has 6 heteroatoms. The van der Waals surface area contributed by atoms with E-state index in [9.17, 15) is 4.79 Å². The van der Waals surface area contributed by atoms with Gasteiger partial charge in [-0.15, -0.1) is 0 Å². The Balaban J connectivity index is 2.67. The number of nitrogens with two attached hydrogens (primary N) is 1. The number of hydrogen-bond acceptors (Lipinski definition) is 4. The van der Waals surface area contributed by atoms with Crippen molar-refractivity contribution in [3.05, 3.63) is 16.9 Å². The Hall–Kier alpha value is -0.880. The Bertz CT molecular complexity index is 390. The molecular formula is C11H18BrN3O2. The van der Waals surface area contributed by atoms with Crippen LogP contribution in [0.4, 0.5) is 0 Å². The molecule has 2 unspecified atom stereocenters. The average molecular weight is 304 g/mol. The average Bonchev–Trinajstić information content (AvgIpc) is 2.64. The smallest absolute Gasteiger partial charge is 0.325 e. The molecule has 0 radical (unpaired) electrons. The topological polar surface area (TPSA) is 70.1 Å². The summed E-state index contributed by atoms with van der Waals surface area (Å²) in [5.74, 6) is -0.377. The number of carbonyl (C=O) groups excluding carboxylic acids is 1. The molecule has 5 nitrogen and oxygen atoms in total. The summed E-state index contributed by atoms with van der Waals surface area (Å²) in [6, 6.07) is 0.0284.